The predicted molar refractivity (Wildman–Crippen MR) is 56.7 cm³/mol. The first kappa shape index (κ1) is 11.0. The second-order valence-corrected chi connectivity index (χ2v) is 3.25. The number of amides is 1. The van der Waals surface area contributed by atoms with E-state index in [-0.39, 0.29) is 17.4 Å². The van der Waals surface area contributed by atoms with Crippen LogP contribution in [0, 0.1) is 11.3 Å². The molecule has 5 heteroatoms. The lowest BCUT2D eigenvalue weighted by Crippen LogP contribution is -2.32. The van der Waals surface area contributed by atoms with Gasteiger partial charge >= 0.3 is 0 Å². The van der Waals surface area contributed by atoms with E-state index in [9.17, 15) is 4.79 Å². The van der Waals surface area contributed by atoms with E-state index in [1.165, 1.54) is 6.21 Å². The van der Waals surface area contributed by atoms with Crippen molar-refractivity contribution < 1.29 is 4.79 Å². The summed E-state index contributed by atoms with van der Waals surface area (Å²) < 4.78 is 0. The maximum absolute atomic E-state index is 11.6. The number of aliphatic imine (C=N–C) groups is 1. The molecule has 1 heterocycles. The lowest BCUT2D eigenvalue weighted by Gasteiger charge is -2.10. The van der Waals surface area contributed by atoms with Gasteiger partial charge in [0.15, 0.2) is 11.4 Å². The Morgan fingerprint density at radius 1 is 1.67 bits per heavy atom. The Morgan fingerprint density at radius 2 is 2.40 bits per heavy atom. The van der Waals surface area contributed by atoms with E-state index >= 15 is 0 Å². The average molecular weight is 204 g/mol. The second kappa shape index (κ2) is 4.96. The van der Waals surface area contributed by atoms with Crippen LogP contribution >= 0.6 is 0 Å². The predicted octanol–water partition coefficient (Wildman–Crippen LogP) is 0.434. The van der Waals surface area contributed by atoms with Gasteiger partial charge in [0.05, 0.1) is 0 Å². The number of hydrogen-bond donors (Lipinski definition) is 2. The molecule has 0 unspecified atom stereocenters. The first-order chi connectivity index (χ1) is 7.15. The molecular weight excluding hydrogens is 192 g/mol. The molecule has 1 rings (SSSR count). The van der Waals surface area contributed by atoms with Crippen LogP contribution in [0.2, 0.25) is 0 Å². The monoisotopic (exact) mass is 204 g/mol. The second-order valence-electron chi connectivity index (χ2n) is 3.25. The highest BCUT2D eigenvalue weighted by atomic mass is 16.1. The third kappa shape index (κ3) is 2.95. The first-order valence-electron chi connectivity index (χ1n) is 4.56. The minimum atomic E-state index is -0.414. The zero-order valence-electron chi connectivity index (χ0n) is 8.61. The van der Waals surface area contributed by atoms with E-state index < -0.39 is 5.91 Å². The van der Waals surface area contributed by atoms with Crippen LogP contribution in [0.4, 0.5) is 0 Å². The molecule has 0 radical (unpaired) electrons. The number of allylic oxidation sites excluding steroid dienone is 1. The van der Waals surface area contributed by atoms with Gasteiger partial charge in [0, 0.05) is 18.5 Å². The zero-order chi connectivity index (χ0) is 11.3. The van der Waals surface area contributed by atoms with Gasteiger partial charge in [-0.3, -0.25) is 4.79 Å². The summed E-state index contributed by atoms with van der Waals surface area (Å²) in [6.45, 7) is 3.66. The van der Waals surface area contributed by atoms with Crippen LogP contribution in [0.25, 0.3) is 0 Å². The van der Waals surface area contributed by atoms with Gasteiger partial charge < -0.3 is 10.6 Å². The minimum absolute atomic E-state index is 0.00966. The number of rotatable bonds is 2. The summed E-state index contributed by atoms with van der Waals surface area (Å²) in [7, 11) is 0. The van der Waals surface area contributed by atoms with E-state index in [1.54, 1.807) is 12.3 Å². The smallest absolute Gasteiger partial charge is 0.265 e. The number of nitrogens with zero attached hydrogens (tertiary/aromatic N) is 2. The van der Waals surface area contributed by atoms with Gasteiger partial charge in [0.25, 0.3) is 5.91 Å². The van der Waals surface area contributed by atoms with Crippen molar-refractivity contribution in [1.29, 1.82) is 5.26 Å². The number of hydrogen-bond acceptors (Lipinski definition) is 4. The van der Waals surface area contributed by atoms with Gasteiger partial charge in [0.2, 0.25) is 0 Å². The van der Waals surface area contributed by atoms with E-state index in [0.717, 1.165) is 0 Å². The van der Waals surface area contributed by atoms with Crippen molar-refractivity contribution in [2.45, 2.75) is 19.9 Å². The maximum atomic E-state index is 11.6. The van der Waals surface area contributed by atoms with Gasteiger partial charge in [0.1, 0.15) is 6.07 Å². The lowest BCUT2D eigenvalue weighted by molar-refractivity contribution is -0.117. The summed E-state index contributed by atoms with van der Waals surface area (Å²) in [5.41, 5.74) is -0.00991. The molecule has 0 bridgehead atoms. The molecule has 0 saturated carbocycles. The van der Waals surface area contributed by atoms with Crippen molar-refractivity contribution in [3.8, 4) is 6.07 Å². The number of nitriles is 1. The van der Waals surface area contributed by atoms with Crippen LogP contribution in [-0.4, -0.2) is 18.2 Å². The summed E-state index contributed by atoms with van der Waals surface area (Å²) in [6, 6.07) is 1.82. The van der Waals surface area contributed by atoms with Crippen molar-refractivity contribution in [3.05, 3.63) is 23.7 Å². The average Bonchev–Trinajstić information content (AvgIpc) is 2.19. The Kier molecular flexibility index (Phi) is 3.63. The summed E-state index contributed by atoms with van der Waals surface area (Å²) >= 11 is 0. The highest BCUT2D eigenvalue weighted by Crippen LogP contribution is 2.05. The molecule has 5 nitrogen and oxygen atoms in total. The number of nitrogens with one attached hydrogen (secondary N) is 2. The van der Waals surface area contributed by atoms with E-state index in [2.05, 4.69) is 15.6 Å². The maximum Gasteiger partial charge on any atom is 0.265 e. The van der Waals surface area contributed by atoms with Crippen LogP contribution in [0.15, 0.2) is 28.7 Å². The Bertz CT molecular complexity index is 385. The Morgan fingerprint density at radius 3 is 2.87 bits per heavy atom. The molecule has 0 fully saturated rings. The molecule has 0 aromatic carbocycles. The number of carbonyl (C=O) groups excluding carboxylic acids is 1. The SMILES string of the molecule is CC(C)NC(=O)/C(C#N)=C1/N=CC=CN1. The standard InChI is InChI=1S/C10H12N4O/c1-7(2)14-10(15)8(6-11)9-12-4-3-5-13-9/h3-5,7,12H,1-2H3,(H,14,15)/b9-8+. The topological polar surface area (TPSA) is 77.3 Å². The summed E-state index contributed by atoms with van der Waals surface area (Å²) in [6.07, 6.45) is 4.81. The Hall–Kier alpha value is -2.09. The van der Waals surface area contributed by atoms with Crippen molar-refractivity contribution >= 4 is 12.1 Å². The fourth-order valence-corrected chi connectivity index (χ4v) is 1.01. The third-order valence-electron chi connectivity index (χ3n) is 1.60. The molecule has 2 N–H and O–H groups in total. The van der Waals surface area contributed by atoms with Crippen LogP contribution in [0.3, 0.4) is 0 Å². The highest BCUT2D eigenvalue weighted by molar-refractivity contribution is 5.98. The summed E-state index contributed by atoms with van der Waals surface area (Å²) in [5.74, 6) is -0.138. The molecule has 1 aliphatic rings. The van der Waals surface area contributed by atoms with E-state index in [0.29, 0.717) is 0 Å². The molecule has 0 aliphatic carbocycles. The van der Waals surface area contributed by atoms with Crippen molar-refractivity contribution in [3.63, 3.8) is 0 Å². The van der Waals surface area contributed by atoms with Crippen LogP contribution in [0.5, 0.6) is 0 Å². The molecule has 1 amide bonds. The summed E-state index contributed by atoms with van der Waals surface area (Å²) in [5, 5.41) is 14.2. The largest absolute Gasteiger partial charge is 0.349 e. The van der Waals surface area contributed by atoms with Gasteiger partial charge in [-0.2, -0.15) is 5.26 Å². The fraction of sp³-hybridized carbons (Fsp3) is 0.300. The molecule has 0 aromatic rings. The van der Waals surface area contributed by atoms with Gasteiger partial charge in [-0.1, -0.05) is 0 Å². The fourth-order valence-electron chi connectivity index (χ4n) is 1.01. The normalized spacial score (nSPS) is 16.9. The van der Waals surface area contributed by atoms with Gasteiger partial charge in [-0.05, 0) is 19.9 Å². The zero-order valence-corrected chi connectivity index (χ0v) is 8.61. The number of carbonyl (C=O) groups is 1. The molecule has 0 saturated heterocycles. The van der Waals surface area contributed by atoms with Crippen molar-refractivity contribution in [2.24, 2.45) is 4.99 Å². The van der Waals surface area contributed by atoms with E-state index in [4.69, 9.17) is 5.26 Å². The van der Waals surface area contributed by atoms with Crippen LogP contribution in [0.1, 0.15) is 13.8 Å². The lowest BCUT2D eigenvalue weighted by atomic mass is 10.2. The Balaban J connectivity index is 2.89. The molecule has 78 valence electrons. The van der Waals surface area contributed by atoms with Crippen molar-refractivity contribution in [1.82, 2.24) is 10.6 Å². The van der Waals surface area contributed by atoms with Crippen LogP contribution in [-0.2, 0) is 4.79 Å². The molecule has 0 atom stereocenters. The molecule has 0 spiro atoms. The quantitative estimate of drug-likeness (QED) is 0.506. The molecule has 1 aliphatic heterocycles. The third-order valence-corrected chi connectivity index (χ3v) is 1.60. The first-order valence-corrected chi connectivity index (χ1v) is 4.56. The van der Waals surface area contributed by atoms with Gasteiger partial charge in [-0.15, -0.1) is 0 Å². The highest BCUT2D eigenvalue weighted by Gasteiger charge is 2.15. The van der Waals surface area contributed by atoms with E-state index in [1.807, 2.05) is 19.9 Å². The molecule has 15 heavy (non-hydrogen) atoms. The van der Waals surface area contributed by atoms with Crippen molar-refractivity contribution in [2.75, 3.05) is 0 Å². The van der Waals surface area contributed by atoms with Crippen LogP contribution < -0.4 is 10.6 Å². The molecular formula is C10H12N4O. The summed E-state index contributed by atoms with van der Waals surface area (Å²) in [4.78, 5) is 15.5. The van der Waals surface area contributed by atoms with Gasteiger partial charge in [-0.25, -0.2) is 4.99 Å². The molecule has 0 aromatic heterocycles. The minimum Gasteiger partial charge on any atom is -0.349 e. The Labute approximate surface area is 88.2 Å².